The minimum Gasteiger partial charge on any atom is -0.399 e. The largest absolute Gasteiger partial charge is 0.399 e. The third-order valence-corrected chi connectivity index (χ3v) is 23.3. The van der Waals surface area contributed by atoms with Crippen LogP contribution in [0.25, 0.3) is 28.3 Å². The molecule has 4 N–H and O–H groups in total. The van der Waals surface area contributed by atoms with Crippen LogP contribution < -0.4 is 21.3 Å². The second-order valence-electron chi connectivity index (χ2n) is 31.9. The van der Waals surface area contributed by atoms with Gasteiger partial charge in [-0.1, -0.05) is 100 Å². The van der Waals surface area contributed by atoms with Gasteiger partial charge in [0.05, 0.1) is 79.5 Å². The second kappa shape index (κ2) is 46.3. The Kier molecular flexibility index (Phi) is 35.1. The molecule has 0 saturated carbocycles. The smallest absolute Gasteiger partial charge is 0.271 e. The Morgan fingerprint density at radius 2 is 0.898 bits per heavy atom. The number of nitrogen functional groups attached to an aromatic ring is 1. The molecule has 4 saturated heterocycles. The molecule has 4 aliphatic heterocycles. The maximum Gasteiger partial charge on any atom is 0.271 e. The molecular weight excluding hydrogens is 1880 g/mol. The monoisotopic (exact) mass is 1980 g/mol. The van der Waals surface area contributed by atoms with Gasteiger partial charge >= 0.3 is 0 Å². The van der Waals surface area contributed by atoms with Crippen LogP contribution in [0.3, 0.4) is 0 Å². The third-order valence-electron chi connectivity index (χ3n) is 21.3. The molecule has 8 aromatic carbocycles. The predicted molar refractivity (Wildman–Crippen MR) is 513 cm³/mol. The quantitative estimate of drug-likeness (QED) is 0.0276. The molecule has 4 fully saturated rings. The number of nitrogens with zero attached hydrogens (tertiary/aromatic N) is 20. The molecule has 12 aromatic rings. The van der Waals surface area contributed by atoms with Gasteiger partial charge in [0.25, 0.3) is 28.7 Å². The first-order valence-electron chi connectivity index (χ1n) is 41.2. The summed E-state index contributed by atoms with van der Waals surface area (Å²) < 4.78 is 8.07. The number of anilines is 5. The maximum absolute atomic E-state index is 13.5. The van der Waals surface area contributed by atoms with Crippen LogP contribution in [0.4, 0.5) is 51.4 Å². The number of carbonyl (C=O) groups is 1. The number of non-ortho nitro benzene ring substituents is 4. The van der Waals surface area contributed by atoms with E-state index in [1.807, 2.05) is 170 Å². The number of rotatable bonds is 20. The fraction of sp³-hybridized carbons (Fsp3) is 0.319. The summed E-state index contributed by atoms with van der Waals surface area (Å²) in [7, 11) is 8.53. The zero-order valence-corrected chi connectivity index (χ0v) is 78.8. The van der Waals surface area contributed by atoms with Gasteiger partial charge in [0, 0.05) is 243 Å². The highest BCUT2D eigenvalue weighted by molar-refractivity contribution is 9.11. The molecule has 0 bridgehead atoms. The van der Waals surface area contributed by atoms with Crippen LogP contribution in [0.15, 0.2) is 221 Å². The Bertz CT molecular complexity index is 5740. The van der Waals surface area contributed by atoms with Crippen LogP contribution in [0.5, 0.6) is 0 Å². The number of piperazine rings is 3. The summed E-state index contributed by atoms with van der Waals surface area (Å²) in [5, 5.41) is 49.8. The Hall–Kier alpha value is -11.4. The van der Waals surface area contributed by atoms with Gasteiger partial charge in [-0.3, -0.25) is 64.9 Å². The van der Waals surface area contributed by atoms with Gasteiger partial charge in [-0.05, 0) is 181 Å². The first-order valence-corrected chi connectivity index (χ1v) is 44.7. The lowest BCUT2D eigenvalue weighted by atomic mass is 10.1. The van der Waals surface area contributed by atoms with Gasteiger partial charge in [-0.15, -0.1) is 0 Å². The van der Waals surface area contributed by atoms with E-state index in [1.165, 1.54) is 29.8 Å². The topological polar surface area (TPSA) is 345 Å². The minimum atomic E-state index is -0.406. The molecule has 36 heteroatoms. The molecule has 0 aliphatic carbocycles. The summed E-state index contributed by atoms with van der Waals surface area (Å²) in [5.74, 6) is 0.272. The van der Waals surface area contributed by atoms with Gasteiger partial charge in [0.2, 0.25) is 5.95 Å². The summed E-state index contributed by atoms with van der Waals surface area (Å²) >= 11 is 12.9. The van der Waals surface area contributed by atoms with Crippen molar-refractivity contribution in [1.29, 1.82) is 0 Å². The fourth-order valence-corrected chi connectivity index (χ4v) is 16.5. The van der Waals surface area contributed by atoms with E-state index in [-0.39, 0.29) is 38.5 Å². The number of halogens is 4. The second-order valence-corrected chi connectivity index (χ2v) is 35.2. The summed E-state index contributed by atoms with van der Waals surface area (Å²) in [4.78, 5) is 95.5. The zero-order valence-electron chi connectivity index (χ0n) is 72.5. The first kappa shape index (κ1) is 96.2. The van der Waals surface area contributed by atoms with Crippen LogP contribution >= 0.6 is 63.7 Å². The van der Waals surface area contributed by atoms with Crippen molar-refractivity contribution in [3.8, 4) is 28.3 Å². The van der Waals surface area contributed by atoms with Crippen molar-refractivity contribution in [1.82, 2.24) is 72.9 Å². The molecule has 8 heterocycles. The molecule has 4 aromatic heterocycles. The van der Waals surface area contributed by atoms with Gasteiger partial charge in [0.1, 0.15) is 0 Å². The number of nitrogens with two attached hydrogens (primary N) is 1. The van der Waals surface area contributed by atoms with Gasteiger partial charge in [0.15, 0.2) is 0 Å². The van der Waals surface area contributed by atoms with Crippen molar-refractivity contribution in [2.75, 3.05) is 148 Å². The first-order chi connectivity index (χ1) is 60.8. The Labute approximate surface area is 772 Å². The summed E-state index contributed by atoms with van der Waals surface area (Å²) in [6.07, 6.45) is 14.0. The lowest BCUT2D eigenvalue weighted by Gasteiger charge is -2.35. The number of imidazole rings is 3. The molecule has 4 aliphatic rings. The molecule has 0 unspecified atom stereocenters. The Morgan fingerprint density at radius 1 is 0.449 bits per heavy atom. The molecule has 16 rings (SSSR count). The number of hydrogen-bond donors (Lipinski definition) is 3. The summed E-state index contributed by atoms with van der Waals surface area (Å²) in [6.45, 7) is 27.7. The predicted octanol–water partition coefficient (Wildman–Crippen LogP) is 17.4. The highest BCUT2D eigenvalue weighted by Crippen LogP contribution is 2.32. The van der Waals surface area contributed by atoms with Gasteiger partial charge in [-0.25, -0.2) is 24.9 Å². The number of amides is 1. The number of alkyl halides is 1. The Morgan fingerprint density at radius 3 is 1.38 bits per heavy atom. The van der Waals surface area contributed by atoms with Crippen LogP contribution in [0.2, 0.25) is 0 Å². The van der Waals surface area contributed by atoms with Crippen molar-refractivity contribution < 1.29 is 24.5 Å². The van der Waals surface area contributed by atoms with Crippen molar-refractivity contribution >= 4 is 121 Å². The molecule has 1 amide bonds. The number of aromatic nitrogens is 8. The van der Waals surface area contributed by atoms with Crippen molar-refractivity contribution in [2.45, 2.75) is 66.0 Å². The molecule has 0 atom stereocenters. The highest BCUT2D eigenvalue weighted by atomic mass is 79.9. The highest BCUT2D eigenvalue weighted by Gasteiger charge is 2.23. The molecule has 666 valence electrons. The lowest BCUT2D eigenvalue weighted by Crippen LogP contribution is -2.43. The van der Waals surface area contributed by atoms with Crippen LogP contribution in [-0.2, 0) is 25.0 Å². The molecule has 0 spiro atoms. The van der Waals surface area contributed by atoms with Gasteiger partial charge in [-0.2, -0.15) is 0 Å². The van der Waals surface area contributed by atoms with Crippen LogP contribution in [-0.4, -0.2) is 225 Å². The summed E-state index contributed by atoms with van der Waals surface area (Å²) in [5.41, 5.74) is 23.9. The van der Waals surface area contributed by atoms with Gasteiger partial charge < -0.3 is 49.7 Å². The fourth-order valence-electron chi connectivity index (χ4n) is 14.5. The maximum atomic E-state index is 13.5. The van der Waals surface area contributed by atoms with E-state index in [4.69, 9.17) is 5.73 Å². The summed E-state index contributed by atoms with van der Waals surface area (Å²) in [6, 6.07) is 50.0. The van der Waals surface area contributed by atoms with E-state index in [9.17, 15) is 45.3 Å². The van der Waals surface area contributed by atoms with Crippen LogP contribution in [0.1, 0.15) is 67.2 Å². The van der Waals surface area contributed by atoms with Crippen LogP contribution in [0, 0.1) is 75.1 Å². The Balaban J connectivity index is 0.000000158. The third kappa shape index (κ3) is 29.8. The van der Waals surface area contributed by atoms with Crippen molar-refractivity contribution in [3.63, 3.8) is 0 Å². The average molecular weight is 1980 g/mol. The number of likely N-dealkylation sites (N-methyl/N-ethyl adjacent to an activating group) is 3. The zero-order chi connectivity index (χ0) is 91.0. The normalized spacial score (nSPS) is 14.7. The number of aryl methyl sites for hydroxylation is 5. The van der Waals surface area contributed by atoms with E-state index in [0.717, 1.165) is 234 Å². The number of hydrogen-bond acceptors (Lipinski definition) is 24. The number of benzene rings is 8. The lowest BCUT2D eigenvalue weighted by molar-refractivity contribution is -0.385. The molecular formula is C91H105Br4N23O9. The number of nitrogens with one attached hydrogen (secondary N) is 2. The average Bonchev–Trinajstić information content (AvgIpc) is 1.68. The number of nitro groups is 4. The van der Waals surface area contributed by atoms with Crippen molar-refractivity contribution in [3.05, 3.63) is 317 Å². The molecule has 0 radical (unpaired) electrons. The van der Waals surface area contributed by atoms with E-state index >= 15 is 0 Å². The number of carbonyl (C=O) groups excluding carboxylic acids is 1. The molecule has 32 nitrogen and oxygen atoms in total. The van der Waals surface area contributed by atoms with E-state index in [0.29, 0.717) is 16.8 Å². The van der Waals surface area contributed by atoms with E-state index < -0.39 is 9.85 Å². The van der Waals surface area contributed by atoms with Crippen molar-refractivity contribution in [2.24, 2.45) is 0 Å². The van der Waals surface area contributed by atoms with E-state index in [2.05, 4.69) is 185 Å². The standard InChI is InChI=1S/C33H34N8O.C16H21N5O2.C16H23N5.C12H16BrN3O2.C7H5Br2NO2.C7H6BrNO2/c1-23-10-11-26(16-31(23)38-33-34-13-12-30(37-33)25-8-5-4-6-9-25)32(42)36-27-17-28(40-15-7-14-39(3)22-40)19-29(18-27)41-20-24(2)35-21-41;1-13-10-20(12-17-13)15-7-14(8-16(9-15)21(22)23)11-19-5-3-18(2)4-6-19;1-13-10-21(12-18-13)16-8-14(7-15(17)9-16)11-20-5-3-19(2)4-6-20;1-14-2-4-15(5-3-14)9-10-6-11(13)8-12(7-10)16(17)18;8-4-5-1-6(9)3-7(2-5)10(11)12;1-5-2-6(8)4-7(3-5)9(10)11/h4-6,8-13,16-21H,7,14-15,22H2,1-3H3,(H,36,42)(H,34,37,38);7-10,12H,3-6,11H2,1-2H3;7-10,12H,3-6,11,17H2,1-2H3;6-8H,2-5,9H2,1H3;1-3H,4H2;2-4H,1H3. The molecule has 127 heavy (non-hydrogen) atoms. The van der Waals surface area contributed by atoms with E-state index in [1.54, 1.807) is 43.1 Å². The SMILES string of the molecule is CN1CCN(Cc2cc(Br)cc([N+](=O)[O-])c2)CC1.Cc1cc(Br)cc([N+](=O)[O-])c1.Cc1cn(-c2cc(CN3CCN(C)CC3)cc([N+](=O)[O-])c2)cn1.Cc1cn(-c2cc(N)cc(CN3CCN(C)CC3)c2)cn1.Cc1cn(-c2cc(NC(=O)c3ccc(C)c(Nc4nccc(-c5ccccc5)n4)c3)cc(N3CCCN(C)C3)c2)cn1.O=[N+]([O-])c1cc(Br)cc(CBr)c1. The number of nitro benzene ring substituents is 4. The minimum absolute atomic E-state index is 0.110.